The van der Waals surface area contributed by atoms with Crippen molar-refractivity contribution in [2.24, 2.45) is 5.92 Å². The van der Waals surface area contributed by atoms with Crippen LogP contribution in [0.25, 0.3) is 21.5 Å². The highest BCUT2D eigenvalue weighted by Crippen LogP contribution is 2.37. The van der Waals surface area contributed by atoms with Crippen LogP contribution in [0.4, 0.5) is 11.6 Å². The molecule has 206 valence electrons. The first-order valence-corrected chi connectivity index (χ1v) is 14.7. The Morgan fingerprint density at radius 1 is 1.24 bits per heavy atom. The number of aromatic nitrogens is 3. The van der Waals surface area contributed by atoms with Gasteiger partial charge in [0.2, 0.25) is 17.7 Å². The van der Waals surface area contributed by atoms with Crippen molar-refractivity contribution in [3.63, 3.8) is 0 Å². The number of amides is 1. The maximum atomic E-state index is 12.2. The molecule has 0 spiro atoms. The molecule has 0 aromatic carbocycles. The fraction of sp³-hybridized carbons (Fsp3) is 0.538. The number of hydrogen-bond donors (Lipinski definition) is 3. The Bertz CT molecular complexity index is 1230. The van der Waals surface area contributed by atoms with Crippen LogP contribution in [-0.4, -0.2) is 85.1 Å². The van der Waals surface area contributed by atoms with E-state index in [1.165, 1.54) is 5.56 Å². The van der Waals surface area contributed by atoms with Crippen molar-refractivity contribution in [1.29, 1.82) is 0 Å². The Labute approximate surface area is 233 Å². The average Bonchev–Trinajstić information content (AvgIpc) is 3.37. The van der Waals surface area contributed by atoms with Crippen LogP contribution in [-0.2, 0) is 16.1 Å². The summed E-state index contributed by atoms with van der Waals surface area (Å²) in [5.41, 5.74) is 10.5. The molecule has 0 aliphatic carbocycles. The number of rotatable bonds is 7. The van der Waals surface area contributed by atoms with Gasteiger partial charge < -0.3 is 25.4 Å². The predicted octanol–water partition coefficient (Wildman–Crippen LogP) is 3.07. The molecule has 0 atom stereocenters. The molecule has 0 bridgehead atoms. The molecule has 0 saturated carbocycles. The van der Waals surface area contributed by atoms with E-state index >= 15 is 0 Å². The summed E-state index contributed by atoms with van der Waals surface area (Å²) in [4.78, 5) is 31.2. The van der Waals surface area contributed by atoms with E-state index in [0.717, 1.165) is 67.0 Å². The van der Waals surface area contributed by atoms with Crippen molar-refractivity contribution in [3.05, 3.63) is 23.2 Å². The number of nitrogens with zero attached hydrogens (tertiary/aromatic N) is 5. The van der Waals surface area contributed by atoms with E-state index in [1.54, 1.807) is 30.9 Å². The van der Waals surface area contributed by atoms with Crippen LogP contribution in [0.3, 0.4) is 0 Å². The normalized spacial score (nSPS) is 16.7. The first-order chi connectivity index (χ1) is 18.6. The van der Waals surface area contributed by atoms with Crippen LogP contribution in [0.2, 0.25) is 0 Å². The molecule has 5 rings (SSSR count). The van der Waals surface area contributed by atoms with Crippen LogP contribution < -0.4 is 20.7 Å². The molecule has 2 fully saturated rings. The Kier molecular flexibility index (Phi) is 10.0. The molecule has 0 radical (unpaired) electrons. The van der Waals surface area contributed by atoms with Gasteiger partial charge in [0.25, 0.3) is 0 Å². The number of methoxy groups -OCH3 is 1. The number of ether oxygens (including phenoxy) is 2. The summed E-state index contributed by atoms with van der Waals surface area (Å²) < 4.78 is 11.8. The van der Waals surface area contributed by atoms with E-state index in [1.807, 2.05) is 13.0 Å². The highest BCUT2D eigenvalue weighted by atomic mass is 32.1. The molecule has 12 heteroatoms. The maximum Gasteiger partial charge on any atom is 0.236 e. The molecule has 2 aliphatic rings. The van der Waals surface area contributed by atoms with E-state index in [0.29, 0.717) is 37.3 Å². The zero-order chi connectivity index (χ0) is 27.1. The van der Waals surface area contributed by atoms with Crippen molar-refractivity contribution in [3.8, 4) is 17.1 Å². The number of morpholine rings is 1. The minimum absolute atomic E-state index is 0.107. The van der Waals surface area contributed by atoms with Gasteiger partial charge >= 0.3 is 0 Å². The fourth-order valence-electron chi connectivity index (χ4n) is 4.85. The van der Waals surface area contributed by atoms with E-state index < -0.39 is 0 Å². The molecule has 2 saturated heterocycles. The zero-order valence-electron chi connectivity index (χ0n) is 22.3. The number of thiol groups is 1. The fourth-order valence-corrected chi connectivity index (χ4v) is 5.86. The third kappa shape index (κ3) is 6.31. The zero-order valence-corrected chi connectivity index (χ0v) is 24.0. The summed E-state index contributed by atoms with van der Waals surface area (Å²) >= 11 is 5.18. The lowest BCUT2D eigenvalue weighted by Crippen LogP contribution is -2.40. The molecule has 3 aromatic heterocycles. The number of nitrogens with one attached hydrogen (secondary N) is 1. The number of likely N-dealkylation sites (tertiary alicyclic amines) is 1. The summed E-state index contributed by atoms with van der Waals surface area (Å²) in [7, 11) is 1.56. The van der Waals surface area contributed by atoms with Gasteiger partial charge in [0.1, 0.15) is 0 Å². The van der Waals surface area contributed by atoms with Crippen molar-refractivity contribution >= 4 is 51.7 Å². The largest absolute Gasteiger partial charge is 0.480 e. The number of pyridine rings is 1. The number of piperidine rings is 1. The molecule has 10 nitrogen and oxygen atoms in total. The number of nitrogen functional groups attached to an aromatic ring is 1. The maximum absolute atomic E-state index is 12.2. The Hall–Kier alpha value is -2.67. The van der Waals surface area contributed by atoms with Gasteiger partial charge in [-0.25, -0.2) is 15.0 Å². The summed E-state index contributed by atoms with van der Waals surface area (Å²) in [5.74, 6) is 1.39. The second-order valence-electron chi connectivity index (χ2n) is 9.18. The topological polar surface area (TPSA) is 119 Å². The van der Waals surface area contributed by atoms with Crippen LogP contribution in [0.1, 0.15) is 25.3 Å². The third-order valence-corrected chi connectivity index (χ3v) is 7.84. The molecule has 1 amide bonds. The highest BCUT2D eigenvalue weighted by Gasteiger charge is 2.26. The first kappa shape index (κ1) is 28.3. The first-order valence-electron chi connectivity index (χ1n) is 12.9. The van der Waals surface area contributed by atoms with Gasteiger partial charge in [0, 0.05) is 49.4 Å². The lowest BCUT2D eigenvalue weighted by molar-refractivity contribution is -0.126. The summed E-state index contributed by atoms with van der Waals surface area (Å²) in [5, 5.41) is 5.14. The molecular formula is C26H37N7O3S2. The monoisotopic (exact) mass is 559 g/mol. The van der Waals surface area contributed by atoms with Crippen molar-refractivity contribution in [2.45, 2.75) is 26.3 Å². The lowest BCUT2D eigenvalue weighted by atomic mass is 9.95. The van der Waals surface area contributed by atoms with Crippen LogP contribution >= 0.6 is 24.0 Å². The van der Waals surface area contributed by atoms with Crippen LogP contribution in [0.5, 0.6) is 5.88 Å². The van der Waals surface area contributed by atoms with Gasteiger partial charge in [-0.15, -0.1) is 11.3 Å². The van der Waals surface area contributed by atoms with Gasteiger partial charge in [0.15, 0.2) is 0 Å². The van der Waals surface area contributed by atoms with Gasteiger partial charge in [-0.2, -0.15) is 12.6 Å². The van der Waals surface area contributed by atoms with Gasteiger partial charge in [-0.05, 0) is 50.6 Å². The van der Waals surface area contributed by atoms with Crippen molar-refractivity contribution in [1.82, 2.24) is 25.2 Å². The molecule has 3 N–H and O–H groups in total. The molecule has 5 heterocycles. The molecular weight excluding hydrogens is 522 g/mol. The van der Waals surface area contributed by atoms with E-state index in [-0.39, 0.29) is 11.8 Å². The standard InChI is InChI=1S/C25H33N7O3S.CH4S/c1-3-27-23(33)16-4-6-31(7-5-16)14-18-15-36-22-20(17-12-19(26)24(34-2)28-13-17)29-25(30-21(18)22)32-8-10-35-11-9-32;1-2/h12-13,15-16H,3-11,14,26H2,1-2H3,(H,27,33);2H,1H3. The van der Waals surface area contributed by atoms with E-state index in [2.05, 4.69) is 38.1 Å². The highest BCUT2D eigenvalue weighted by molar-refractivity contribution is 7.79. The number of carbonyl (C=O) groups is 1. The number of hydrogen-bond acceptors (Lipinski definition) is 11. The number of anilines is 2. The number of nitrogens with two attached hydrogens (primary N) is 1. The summed E-state index contributed by atoms with van der Waals surface area (Å²) in [6.07, 6.45) is 5.21. The number of carbonyl (C=O) groups excluding carboxylic acids is 1. The Balaban J connectivity index is 0.00000164. The molecule has 3 aromatic rings. The minimum Gasteiger partial charge on any atom is -0.480 e. The molecule has 38 heavy (non-hydrogen) atoms. The minimum atomic E-state index is 0.107. The lowest BCUT2D eigenvalue weighted by Gasteiger charge is -2.31. The number of fused-ring (bicyclic) bond motifs is 1. The van der Waals surface area contributed by atoms with Crippen LogP contribution in [0.15, 0.2) is 17.6 Å². The second-order valence-corrected chi connectivity index (χ2v) is 10.1. The van der Waals surface area contributed by atoms with Gasteiger partial charge in [-0.3, -0.25) is 9.69 Å². The molecule has 2 aliphatic heterocycles. The smallest absolute Gasteiger partial charge is 0.236 e. The quantitative estimate of drug-likeness (QED) is 0.375. The van der Waals surface area contributed by atoms with Gasteiger partial charge in [-0.1, -0.05) is 0 Å². The second kappa shape index (κ2) is 13.4. The van der Waals surface area contributed by atoms with Gasteiger partial charge in [0.05, 0.1) is 41.9 Å². The SMILES string of the molecule is CCNC(=O)C1CCN(Cc2csc3c(-c4cnc(OC)c(N)c4)nc(N4CCOCC4)nc23)CC1.CS. The average molecular weight is 560 g/mol. The van der Waals surface area contributed by atoms with E-state index in [4.69, 9.17) is 25.2 Å². The van der Waals surface area contributed by atoms with Crippen molar-refractivity contribution in [2.75, 3.05) is 69.9 Å². The third-order valence-electron chi connectivity index (χ3n) is 6.82. The van der Waals surface area contributed by atoms with Crippen LogP contribution in [0, 0.1) is 5.92 Å². The molecule has 0 unspecified atom stereocenters. The van der Waals surface area contributed by atoms with Crippen molar-refractivity contribution < 1.29 is 14.3 Å². The van der Waals surface area contributed by atoms with E-state index in [9.17, 15) is 4.79 Å². The Morgan fingerprint density at radius 2 is 1.97 bits per heavy atom. The summed E-state index contributed by atoms with van der Waals surface area (Å²) in [6, 6.07) is 1.86. The Morgan fingerprint density at radius 3 is 2.63 bits per heavy atom. The summed E-state index contributed by atoms with van der Waals surface area (Å²) in [6.45, 7) is 8.05. The number of thiophene rings is 1. The predicted molar refractivity (Wildman–Crippen MR) is 156 cm³/mol.